The number of hydrogen-bond acceptors (Lipinski definition) is 2. The van der Waals surface area contributed by atoms with Gasteiger partial charge in [0.2, 0.25) is 0 Å². The van der Waals surface area contributed by atoms with Gasteiger partial charge in [0.15, 0.2) is 0 Å². The summed E-state index contributed by atoms with van der Waals surface area (Å²) in [5, 5.41) is 3.34. The van der Waals surface area contributed by atoms with Crippen molar-refractivity contribution in [3.8, 4) is 0 Å². The number of nitrogens with one attached hydrogen (secondary N) is 1. The van der Waals surface area contributed by atoms with Crippen LogP contribution in [0.2, 0.25) is 0 Å². The highest BCUT2D eigenvalue weighted by Crippen LogP contribution is 2.23. The van der Waals surface area contributed by atoms with E-state index in [1.54, 1.807) is 0 Å². The molecule has 1 N–H and O–H groups in total. The van der Waals surface area contributed by atoms with Crippen LogP contribution in [0.15, 0.2) is 0 Å². The Kier molecular flexibility index (Phi) is 8.89. The van der Waals surface area contributed by atoms with Gasteiger partial charge >= 0.3 is 0 Å². The smallest absolute Gasteiger partial charge is 0.00501 e. The normalized spacial score (nSPS) is 15.5. The zero-order valence-electron chi connectivity index (χ0n) is 13.0. The van der Waals surface area contributed by atoms with Gasteiger partial charge in [0.25, 0.3) is 0 Å². The van der Waals surface area contributed by atoms with Crippen molar-refractivity contribution in [2.24, 2.45) is 5.41 Å². The lowest BCUT2D eigenvalue weighted by Crippen LogP contribution is -2.44. The van der Waals surface area contributed by atoms with Crippen LogP contribution in [0.5, 0.6) is 0 Å². The predicted molar refractivity (Wildman–Crippen MR) is 78.6 cm³/mol. The van der Waals surface area contributed by atoms with Crippen molar-refractivity contribution in [1.82, 2.24) is 10.2 Å². The minimum absolute atomic E-state index is 0.408. The Morgan fingerprint density at radius 1 is 1.18 bits per heavy atom. The maximum absolute atomic E-state index is 3.34. The molecule has 1 unspecified atom stereocenters. The number of rotatable bonds is 10. The fraction of sp³-hybridized carbons (Fsp3) is 1.00. The van der Waals surface area contributed by atoms with Gasteiger partial charge in [0.05, 0.1) is 0 Å². The molecule has 0 aliphatic heterocycles. The van der Waals surface area contributed by atoms with Gasteiger partial charge in [-0.2, -0.15) is 0 Å². The molecule has 0 bridgehead atoms. The lowest BCUT2D eigenvalue weighted by molar-refractivity contribution is 0.126. The van der Waals surface area contributed by atoms with E-state index < -0.39 is 0 Å². The van der Waals surface area contributed by atoms with Crippen LogP contribution in [0.1, 0.15) is 60.3 Å². The first-order valence-electron chi connectivity index (χ1n) is 7.37. The summed E-state index contributed by atoms with van der Waals surface area (Å²) >= 11 is 0. The van der Waals surface area contributed by atoms with E-state index in [0.717, 1.165) is 6.54 Å². The van der Waals surface area contributed by atoms with E-state index in [1.165, 1.54) is 38.8 Å². The molecule has 0 amide bonds. The summed E-state index contributed by atoms with van der Waals surface area (Å²) in [5.74, 6) is 0. The van der Waals surface area contributed by atoms with Gasteiger partial charge in [-0.1, -0.05) is 33.6 Å². The topological polar surface area (TPSA) is 15.3 Å². The molecule has 104 valence electrons. The zero-order valence-corrected chi connectivity index (χ0v) is 13.0. The third-order valence-corrected chi connectivity index (χ3v) is 3.82. The molecule has 0 spiro atoms. The fourth-order valence-corrected chi connectivity index (χ4v) is 2.29. The van der Waals surface area contributed by atoms with Crippen LogP contribution in [-0.2, 0) is 0 Å². The van der Waals surface area contributed by atoms with Crippen molar-refractivity contribution in [2.75, 3.05) is 26.7 Å². The summed E-state index contributed by atoms with van der Waals surface area (Å²) < 4.78 is 0. The summed E-state index contributed by atoms with van der Waals surface area (Å²) in [4.78, 5) is 2.65. The molecule has 0 heterocycles. The molecule has 0 aromatic carbocycles. The Bertz CT molecular complexity index is 180. The summed E-state index contributed by atoms with van der Waals surface area (Å²) in [5.41, 5.74) is 0.408. The van der Waals surface area contributed by atoms with E-state index in [9.17, 15) is 0 Å². The largest absolute Gasteiger partial charge is 0.319 e. The van der Waals surface area contributed by atoms with Crippen molar-refractivity contribution in [2.45, 2.75) is 66.3 Å². The van der Waals surface area contributed by atoms with Crippen molar-refractivity contribution in [3.05, 3.63) is 0 Å². The molecule has 0 fully saturated rings. The minimum Gasteiger partial charge on any atom is -0.319 e. The molecule has 0 aliphatic rings. The third-order valence-electron chi connectivity index (χ3n) is 3.82. The first-order chi connectivity index (χ1) is 7.99. The van der Waals surface area contributed by atoms with E-state index in [0.29, 0.717) is 11.5 Å². The van der Waals surface area contributed by atoms with Gasteiger partial charge in [0, 0.05) is 19.1 Å². The van der Waals surface area contributed by atoms with Crippen molar-refractivity contribution < 1.29 is 0 Å². The first-order valence-corrected chi connectivity index (χ1v) is 7.37. The molecule has 0 aromatic heterocycles. The number of hydrogen-bond donors (Lipinski definition) is 1. The van der Waals surface area contributed by atoms with Crippen LogP contribution in [0.25, 0.3) is 0 Å². The van der Waals surface area contributed by atoms with Crippen LogP contribution in [-0.4, -0.2) is 37.6 Å². The maximum atomic E-state index is 3.34. The lowest BCUT2D eigenvalue weighted by Gasteiger charge is -2.37. The fourth-order valence-electron chi connectivity index (χ4n) is 2.29. The van der Waals surface area contributed by atoms with Gasteiger partial charge in [-0.05, 0) is 45.7 Å². The highest BCUT2D eigenvalue weighted by Gasteiger charge is 2.25. The maximum Gasteiger partial charge on any atom is 0.00501 e. The second-order valence-corrected chi connectivity index (χ2v) is 5.97. The third kappa shape index (κ3) is 7.05. The molecule has 2 heteroatoms. The molecule has 0 aromatic rings. The van der Waals surface area contributed by atoms with Gasteiger partial charge in [-0.3, -0.25) is 0 Å². The quantitative estimate of drug-likeness (QED) is 0.590. The highest BCUT2D eigenvalue weighted by molar-refractivity contribution is 4.80. The Labute approximate surface area is 109 Å². The van der Waals surface area contributed by atoms with Gasteiger partial charge in [-0.15, -0.1) is 0 Å². The van der Waals surface area contributed by atoms with Crippen molar-refractivity contribution in [1.29, 1.82) is 0 Å². The number of unbranched alkanes of at least 4 members (excludes halogenated alkanes) is 2. The van der Waals surface area contributed by atoms with E-state index in [-0.39, 0.29) is 0 Å². The van der Waals surface area contributed by atoms with E-state index in [1.807, 2.05) is 0 Å². The Balaban J connectivity index is 4.29. The predicted octanol–water partition coefficient (Wildman–Crippen LogP) is 3.52. The lowest BCUT2D eigenvalue weighted by atomic mass is 9.86. The van der Waals surface area contributed by atoms with Crippen LogP contribution in [0.4, 0.5) is 0 Å². The second kappa shape index (κ2) is 8.93. The van der Waals surface area contributed by atoms with E-state index in [2.05, 4.69) is 51.9 Å². The molecule has 0 aliphatic carbocycles. The molecule has 0 saturated carbocycles. The van der Waals surface area contributed by atoms with Gasteiger partial charge in [-0.25, -0.2) is 0 Å². The Morgan fingerprint density at radius 2 is 1.82 bits per heavy atom. The van der Waals surface area contributed by atoms with Crippen molar-refractivity contribution in [3.63, 3.8) is 0 Å². The molecule has 0 saturated heterocycles. The molecule has 0 rings (SSSR count). The highest BCUT2D eigenvalue weighted by atomic mass is 15.2. The van der Waals surface area contributed by atoms with E-state index in [4.69, 9.17) is 0 Å². The Morgan fingerprint density at radius 3 is 2.24 bits per heavy atom. The Hall–Kier alpha value is -0.0800. The molecular weight excluding hydrogens is 208 g/mol. The van der Waals surface area contributed by atoms with E-state index >= 15 is 0 Å². The molecule has 0 radical (unpaired) electrons. The zero-order chi connectivity index (χ0) is 13.3. The number of nitrogens with zero attached hydrogens (tertiary/aromatic N) is 1. The van der Waals surface area contributed by atoms with Gasteiger partial charge < -0.3 is 10.2 Å². The summed E-state index contributed by atoms with van der Waals surface area (Å²) in [6.07, 6.45) is 5.25. The molecule has 1 atom stereocenters. The monoisotopic (exact) mass is 242 g/mol. The average Bonchev–Trinajstić information content (AvgIpc) is 2.28. The van der Waals surface area contributed by atoms with Crippen LogP contribution >= 0.6 is 0 Å². The van der Waals surface area contributed by atoms with Crippen LogP contribution in [0, 0.1) is 5.41 Å². The van der Waals surface area contributed by atoms with Crippen LogP contribution < -0.4 is 5.32 Å². The summed E-state index contributed by atoms with van der Waals surface area (Å²) in [7, 11) is 2.06. The van der Waals surface area contributed by atoms with Gasteiger partial charge in [0.1, 0.15) is 0 Å². The SMILES string of the molecule is CCCCCN(CC(C)(CC)CNC)C(C)C. The average molecular weight is 242 g/mol. The van der Waals surface area contributed by atoms with Crippen molar-refractivity contribution >= 4 is 0 Å². The molecule has 2 nitrogen and oxygen atoms in total. The minimum atomic E-state index is 0.408. The molecule has 17 heavy (non-hydrogen) atoms. The summed E-state index contributed by atoms with van der Waals surface area (Å²) in [6, 6.07) is 0.662. The van der Waals surface area contributed by atoms with Crippen LogP contribution in [0.3, 0.4) is 0 Å². The molecular formula is C15H34N2. The standard InChI is InChI=1S/C15H34N2/c1-7-9-10-11-17(14(3)4)13-15(5,8-2)12-16-6/h14,16H,7-13H2,1-6H3. The summed E-state index contributed by atoms with van der Waals surface area (Å²) in [6.45, 7) is 15.2. The second-order valence-electron chi connectivity index (χ2n) is 5.97. The first kappa shape index (κ1) is 16.9.